The molecule has 7 heteroatoms. The van der Waals surface area contributed by atoms with E-state index in [-0.39, 0.29) is 24.1 Å². The molecule has 1 aromatic carbocycles. The van der Waals surface area contributed by atoms with Gasteiger partial charge in [-0.2, -0.15) is 0 Å². The summed E-state index contributed by atoms with van der Waals surface area (Å²) >= 11 is 0. The van der Waals surface area contributed by atoms with Crippen molar-refractivity contribution in [2.45, 2.75) is 38.5 Å². The molecule has 0 saturated carbocycles. The van der Waals surface area contributed by atoms with Gasteiger partial charge in [-0.15, -0.1) is 0 Å². The van der Waals surface area contributed by atoms with E-state index in [1.165, 1.54) is 12.1 Å². The fourth-order valence-electron chi connectivity index (χ4n) is 2.42. The van der Waals surface area contributed by atoms with Gasteiger partial charge in [0.1, 0.15) is 17.7 Å². The van der Waals surface area contributed by atoms with Crippen molar-refractivity contribution < 1.29 is 18.6 Å². The summed E-state index contributed by atoms with van der Waals surface area (Å²) in [6.07, 6.45) is 1.06. The molecule has 3 unspecified atom stereocenters. The first kappa shape index (κ1) is 19.5. The molecule has 1 saturated heterocycles. The summed E-state index contributed by atoms with van der Waals surface area (Å²) in [5, 5.41) is 6.50. The number of benzene rings is 1. The van der Waals surface area contributed by atoms with Gasteiger partial charge in [0.05, 0.1) is 25.9 Å². The molecule has 2 rings (SSSR count). The molecule has 0 radical (unpaired) electrons. The fraction of sp³-hybridized carbons (Fsp3) is 0.611. The van der Waals surface area contributed by atoms with Gasteiger partial charge in [0.15, 0.2) is 5.96 Å². The van der Waals surface area contributed by atoms with E-state index in [2.05, 4.69) is 15.6 Å². The molecular formula is C18H28FN3O3. The molecule has 25 heavy (non-hydrogen) atoms. The summed E-state index contributed by atoms with van der Waals surface area (Å²) < 4.78 is 29.7. The second-order valence-corrected chi connectivity index (χ2v) is 6.20. The molecule has 1 fully saturated rings. The van der Waals surface area contributed by atoms with Gasteiger partial charge in [0.25, 0.3) is 0 Å². The zero-order chi connectivity index (χ0) is 18.1. The standard InChI is InChI=1S/C18H28FN3O3/c1-13(11-24-17-8-9-23-12-17)22-18(20-3)21-10-14(2)25-16-6-4-15(19)5-7-16/h4-7,13-14,17H,8-12H2,1-3H3,(H2,20,21,22). The lowest BCUT2D eigenvalue weighted by Gasteiger charge is -2.21. The van der Waals surface area contributed by atoms with Crippen molar-refractivity contribution in [3.63, 3.8) is 0 Å². The summed E-state index contributed by atoms with van der Waals surface area (Å²) in [4.78, 5) is 4.21. The van der Waals surface area contributed by atoms with E-state index in [4.69, 9.17) is 14.2 Å². The van der Waals surface area contributed by atoms with Crippen LogP contribution in [-0.4, -0.2) is 57.6 Å². The van der Waals surface area contributed by atoms with Crippen molar-refractivity contribution in [2.24, 2.45) is 4.99 Å². The van der Waals surface area contributed by atoms with Gasteiger partial charge in [-0.25, -0.2) is 4.39 Å². The smallest absolute Gasteiger partial charge is 0.191 e. The summed E-state index contributed by atoms with van der Waals surface area (Å²) in [6.45, 7) is 6.61. The second-order valence-electron chi connectivity index (χ2n) is 6.20. The van der Waals surface area contributed by atoms with Gasteiger partial charge >= 0.3 is 0 Å². The van der Waals surface area contributed by atoms with Crippen LogP contribution in [0.4, 0.5) is 4.39 Å². The molecule has 0 spiro atoms. The number of nitrogens with one attached hydrogen (secondary N) is 2. The van der Waals surface area contributed by atoms with Crippen molar-refractivity contribution in [3.8, 4) is 5.75 Å². The van der Waals surface area contributed by atoms with Crippen LogP contribution in [0.2, 0.25) is 0 Å². The minimum atomic E-state index is -0.275. The molecule has 1 aromatic rings. The maximum absolute atomic E-state index is 12.9. The molecule has 1 aliphatic heterocycles. The monoisotopic (exact) mass is 353 g/mol. The highest BCUT2D eigenvalue weighted by Gasteiger charge is 2.17. The summed E-state index contributed by atoms with van der Waals surface area (Å²) in [7, 11) is 1.72. The second kappa shape index (κ2) is 10.2. The van der Waals surface area contributed by atoms with Crippen molar-refractivity contribution in [2.75, 3.05) is 33.4 Å². The van der Waals surface area contributed by atoms with E-state index in [9.17, 15) is 4.39 Å². The van der Waals surface area contributed by atoms with Crippen LogP contribution in [0.5, 0.6) is 5.75 Å². The SMILES string of the molecule is CN=C(NCC(C)Oc1ccc(F)cc1)NC(C)COC1CCOC1. The Balaban J connectivity index is 1.67. The van der Waals surface area contributed by atoms with Crippen molar-refractivity contribution >= 4 is 5.96 Å². The maximum Gasteiger partial charge on any atom is 0.191 e. The third kappa shape index (κ3) is 7.27. The molecule has 0 aliphatic carbocycles. The van der Waals surface area contributed by atoms with Crippen LogP contribution in [-0.2, 0) is 9.47 Å². The molecule has 1 aliphatic rings. The van der Waals surface area contributed by atoms with Gasteiger partial charge in [0, 0.05) is 19.7 Å². The third-order valence-corrected chi connectivity index (χ3v) is 3.78. The Morgan fingerprint density at radius 1 is 1.36 bits per heavy atom. The largest absolute Gasteiger partial charge is 0.489 e. The average Bonchev–Trinajstić information content (AvgIpc) is 3.12. The first-order valence-electron chi connectivity index (χ1n) is 8.65. The van der Waals surface area contributed by atoms with E-state index in [1.54, 1.807) is 19.2 Å². The predicted octanol–water partition coefficient (Wildman–Crippen LogP) is 1.95. The highest BCUT2D eigenvalue weighted by atomic mass is 19.1. The number of guanidine groups is 1. The summed E-state index contributed by atoms with van der Waals surface area (Å²) in [5.41, 5.74) is 0. The Hall–Kier alpha value is -1.86. The van der Waals surface area contributed by atoms with Crippen molar-refractivity contribution in [3.05, 3.63) is 30.1 Å². The lowest BCUT2D eigenvalue weighted by molar-refractivity contribution is 0.0347. The zero-order valence-corrected chi connectivity index (χ0v) is 15.1. The van der Waals surface area contributed by atoms with E-state index >= 15 is 0 Å². The zero-order valence-electron chi connectivity index (χ0n) is 15.1. The minimum absolute atomic E-state index is 0.0915. The molecule has 0 bridgehead atoms. The normalized spacial score (nSPS) is 20.2. The molecule has 3 atom stereocenters. The Morgan fingerprint density at radius 3 is 2.76 bits per heavy atom. The Labute approximate surface area is 148 Å². The third-order valence-electron chi connectivity index (χ3n) is 3.78. The molecule has 2 N–H and O–H groups in total. The van der Waals surface area contributed by atoms with Gasteiger partial charge < -0.3 is 24.8 Å². The lowest BCUT2D eigenvalue weighted by atomic mass is 10.3. The van der Waals surface area contributed by atoms with Crippen LogP contribution in [0.25, 0.3) is 0 Å². The van der Waals surface area contributed by atoms with Gasteiger partial charge in [-0.05, 0) is 44.5 Å². The number of aliphatic imine (C=N–C) groups is 1. The van der Waals surface area contributed by atoms with Gasteiger partial charge in [0.2, 0.25) is 0 Å². The van der Waals surface area contributed by atoms with E-state index in [0.717, 1.165) is 13.0 Å². The fourth-order valence-corrected chi connectivity index (χ4v) is 2.42. The number of nitrogens with zero attached hydrogens (tertiary/aromatic N) is 1. The number of hydrogen-bond acceptors (Lipinski definition) is 4. The van der Waals surface area contributed by atoms with Crippen LogP contribution in [0.1, 0.15) is 20.3 Å². The first-order chi connectivity index (χ1) is 12.1. The Morgan fingerprint density at radius 2 is 2.12 bits per heavy atom. The van der Waals surface area contributed by atoms with Crippen LogP contribution in [0, 0.1) is 5.82 Å². The number of hydrogen-bond donors (Lipinski definition) is 2. The Kier molecular flexibility index (Phi) is 7.94. The van der Waals surface area contributed by atoms with E-state index in [1.807, 2.05) is 13.8 Å². The highest BCUT2D eigenvalue weighted by Crippen LogP contribution is 2.12. The highest BCUT2D eigenvalue weighted by molar-refractivity contribution is 5.79. The maximum atomic E-state index is 12.9. The molecule has 0 aromatic heterocycles. The number of rotatable bonds is 8. The topological polar surface area (TPSA) is 64.1 Å². The van der Waals surface area contributed by atoms with Crippen LogP contribution in [0.3, 0.4) is 0 Å². The molecule has 140 valence electrons. The van der Waals surface area contributed by atoms with Crippen molar-refractivity contribution in [1.29, 1.82) is 0 Å². The van der Waals surface area contributed by atoms with E-state index in [0.29, 0.717) is 31.5 Å². The number of ether oxygens (including phenoxy) is 3. The van der Waals surface area contributed by atoms with Crippen molar-refractivity contribution in [1.82, 2.24) is 10.6 Å². The molecule has 1 heterocycles. The predicted molar refractivity (Wildman–Crippen MR) is 95.6 cm³/mol. The molecule has 0 amide bonds. The average molecular weight is 353 g/mol. The summed E-state index contributed by atoms with van der Waals surface area (Å²) in [6, 6.07) is 6.12. The Bertz CT molecular complexity index is 533. The lowest BCUT2D eigenvalue weighted by Crippen LogP contribution is -2.46. The quantitative estimate of drug-likeness (QED) is 0.552. The molecular weight excluding hydrogens is 325 g/mol. The van der Waals surface area contributed by atoms with Crippen LogP contribution >= 0.6 is 0 Å². The minimum Gasteiger partial charge on any atom is -0.489 e. The first-order valence-corrected chi connectivity index (χ1v) is 8.65. The van der Waals surface area contributed by atoms with Crippen LogP contribution in [0.15, 0.2) is 29.3 Å². The number of halogens is 1. The summed E-state index contributed by atoms with van der Waals surface area (Å²) in [5.74, 6) is 1.05. The van der Waals surface area contributed by atoms with Gasteiger partial charge in [-0.1, -0.05) is 0 Å². The molecule has 6 nitrogen and oxygen atoms in total. The van der Waals surface area contributed by atoms with Crippen LogP contribution < -0.4 is 15.4 Å². The van der Waals surface area contributed by atoms with Gasteiger partial charge in [-0.3, -0.25) is 4.99 Å². The van der Waals surface area contributed by atoms with E-state index < -0.39 is 0 Å².